The number of pyridine rings is 1. The summed E-state index contributed by atoms with van der Waals surface area (Å²) in [5.74, 6) is 3.00. The van der Waals surface area contributed by atoms with Crippen molar-refractivity contribution in [2.75, 3.05) is 13.1 Å². The van der Waals surface area contributed by atoms with Crippen LogP contribution in [-0.2, 0) is 0 Å². The number of fused-ring (bicyclic) bond motifs is 3. The number of para-hydroxylation sites is 1. The predicted octanol–water partition coefficient (Wildman–Crippen LogP) is 3.04. The van der Waals surface area contributed by atoms with Crippen LogP contribution in [0.3, 0.4) is 0 Å². The Morgan fingerprint density at radius 1 is 1.00 bits per heavy atom. The Hall–Kier alpha value is -2.10. The first-order chi connectivity index (χ1) is 11.7. The maximum absolute atomic E-state index is 13.0. The summed E-state index contributed by atoms with van der Waals surface area (Å²) in [6.07, 6.45) is 5.39. The fourth-order valence-electron chi connectivity index (χ4n) is 5.50. The van der Waals surface area contributed by atoms with E-state index in [-0.39, 0.29) is 11.3 Å². The lowest BCUT2D eigenvalue weighted by Gasteiger charge is -2.44. The second-order valence-corrected chi connectivity index (χ2v) is 7.81. The van der Waals surface area contributed by atoms with E-state index in [1.54, 1.807) is 6.07 Å². The number of benzene rings is 1. The minimum absolute atomic E-state index is 0.00773. The SMILES string of the molecule is O=C(c1cc(=O)c2ccccc2[nH]1)N1C[C@@H]2C3CCC(CC3)[C@@H]2C1. The van der Waals surface area contributed by atoms with Gasteiger partial charge in [-0.25, -0.2) is 0 Å². The number of rotatable bonds is 1. The van der Waals surface area contributed by atoms with E-state index < -0.39 is 0 Å². The first kappa shape index (κ1) is 14.3. The second kappa shape index (κ2) is 5.20. The standard InChI is InChI=1S/C20H22N2O2/c23-19-9-18(21-17-4-2-1-3-14(17)19)20(24)22-10-15-12-5-6-13(8-7-12)16(15)11-22/h1-4,9,12-13,15-16H,5-8,10-11H2,(H,21,23)/t12?,13?,15-,16+. The third-order valence-electron chi connectivity index (χ3n) is 6.69. The van der Waals surface area contributed by atoms with Gasteiger partial charge in [-0.2, -0.15) is 0 Å². The summed E-state index contributed by atoms with van der Waals surface area (Å²) >= 11 is 0. The number of hydrogen-bond donors (Lipinski definition) is 1. The van der Waals surface area contributed by atoms with Gasteiger partial charge in [-0.1, -0.05) is 12.1 Å². The van der Waals surface area contributed by atoms with Crippen molar-refractivity contribution in [1.82, 2.24) is 9.88 Å². The van der Waals surface area contributed by atoms with E-state index in [1.165, 1.54) is 31.7 Å². The zero-order valence-corrected chi connectivity index (χ0v) is 13.7. The normalized spacial score (nSPS) is 31.4. The molecule has 4 aliphatic rings. The highest BCUT2D eigenvalue weighted by molar-refractivity contribution is 5.95. The number of hydrogen-bond acceptors (Lipinski definition) is 2. The summed E-state index contributed by atoms with van der Waals surface area (Å²) in [5.41, 5.74) is 1.10. The Labute approximate surface area is 140 Å². The number of carbonyl (C=O) groups excluding carboxylic acids is 1. The van der Waals surface area contributed by atoms with Gasteiger partial charge in [-0.05, 0) is 61.5 Å². The third kappa shape index (κ3) is 2.05. The van der Waals surface area contributed by atoms with E-state index in [2.05, 4.69) is 4.98 Å². The molecule has 1 amide bonds. The number of H-pyrrole nitrogens is 1. The molecule has 1 saturated heterocycles. The van der Waals surface area contributed by atoms with Gasteiger partial charge in [0, 0.05) is 30.1 Å². The fraction of sp³-hybridized carbons (Fsp3) is 0.500. The van der Waals surface area contributed by atoms with Gasteiger partial charge in [-0.3, -0.25) is 9.59 Å². The molecule has 2 atom stereocenters. The predicted molar refractivity (Wildman–Crippen MR) is 92.9 cm³/mol. The Kier molecular flexibility index (Phi) is 3.09. The molecular weight excluding hydrogens is 300 g/mol. The maximum atomic E-state index is 13.0. The molecular formula is C20H22N2O2. The van der Waals surface area contributed by atoms with Crippen molar-refractivity contribution >= 4 is 16.8 Å². The number of aromatic nitrogens is 1. The molecule has 4 fully saturated rings. The lowest BCUT2D eigenvalue weighted by molar-refractivity contribution is 0.0577. The van der Waals surface area contributed by atoms with Gasteiger partial charge < -0.3 is 9.88 Å². The van der Waals surface area contributed by atoms with Gasteiger partial charge in [0.25, 0.3) is 5.91 Å². The molecule has 1 aliphatic heterocycles. The van der Waals surface area contributed by atoms with Crippen molar-refractivity contribution in [3.05, 3.63) is 46.2 Å². The van der Waals surface area contributed by atoms with E-state index >= 15 is 0 Å². The molecule has 0 radical (unpaired) electrons. The molecule has 2 aromatic rings. The summed E-state index contributed by atoms with van der Waals surface area (Å²) in [5, 5.41) is 0.641. The monoisotopic (exact) mass is 322 g/mol. The Bertz CT molecular complexity index is 843. The van der Waals surface area contributed by atoms with Gasteiger partial charge in [0.2, 0.25) is 0 Å². The molecule has 3 aliphatic carbocycles. The zero-order valence-electron chi connectivity index (χ0n) is 13.7. The molecule has 3 saturated carbocycles. The minimum atomic E-state index is -0.0793. The number of likely N-dealkylation sites (tertiary alicyclic amines) is 1. The Morgan fingerprint density at radius 2 is 1.62 bits per heavy atom. The molecule has 0 unspecified atom stereocenters. The summed E-state index contributed by atoms with van der Waals surface area (Å²) < 4.78 is 0. The van der Waals surface area contributed by atoms with Crippen molar-refractivity contribution in [3.8, 4) is 0 Å². The maximum Gasteiger partial charge on any atom is 0.270 e. The molecule has 1 aromatic carbocycles. The van der Waals surface area contributed by atoms with E-state index in [0.717, 1.165) is 30.4 Å². The Balaban J connectivity index is 1.46. The van der Waals surface area contributed by atoms with Crippen molar-refractivity contribution < 1.29 is 4.79 Å². The van der Waals surface area contributed by atoms with Crippen LogP contribution in [0.25, 0.3) is 10.9 Å². The molecule has 1 aromatic heterocycles. The lowest BCUT2D eigenvalue weighted by Crippen LogP contribution is -2.38. The number of nitrogens with one attached hydrogen (secondary N) is 1. The molecule has 124 valence electrons. The molecule has 4 nitrogen and oxygen atoms in total. The van der Waals surface area contributed by atoms with Crippen molar-refractivity contribution in [2.24, 2.45) is 23.7 Å². The molecule has 0 spiro atoms. The van der Waals surface area contributed by atoms with Crippen LogP contribution in [0.15, 0.2) is 35.1 Å². The van der Waals surface area contributed by atoms with Crippen LogP contribution in [0.2, 0.25) is 0 Å². The molecule has 6 rings (SSSR count). The van der Waals surface area contributed by atoms with Crippen LogP contribution in [0, 0.1) is 23.7 Å². The first-order valence-corrected chi connectivity index (χ1v) is 9.12. The summed E-state index contributed by atoms with van der Waals surface area (Å²) in [7, 11) is 0. The van der Waals surface area contributed by atoms with Crippen LogP contribution >= 0.6 is 0 Å². The van der Waals surface area contributed by atoms with Crippen LogP contribution < -0.4 is 5.43 Å². The fourth-order valence-corrected chi connectivity index (χ4v) is 5.50. The molecule has 24 heavy (non-hydrogen) atoms. The van der Waals surface area contributed by atoms with Gasteiger partial charge >= 0.3 is 0 Å². The number of carbonyl (C=O) groups is 1. The number of aromatic amines is 1. The quantitative estimate of drug-likeness (QED) is 0.877. The molecule has 4 heteroatoms. The molecule has 2 heterocycles. The Morgan fingerprint density at radius 3 is 2.29 bits per heavy atom. The minimum Gasteiger partial charge on any atom is -0.350 e. The van der Waals surface area contributed by atoms with E-state index in [9.17, 15) is 9.59 Å². The van der Waals surface area contributed by atoms with Gasteiger partial charge in [0.1, 0.15) is 5.69 Å². The number of amides is 1. The average Bonchev–Trinajstić information content (AvgIpc) is 3.09. The summed E-state index contributed by atoms with van der Waals surface area (Å²) in [6.45, 7) is 1.75. The highest BCUT2D eigenvalue weighted by Crippen LogP contribution is 2.51. The zero-order chi connectivity index (χ0) is 16.3. The lowest BCUT2D eigenvalue weighted by atomic mass is 9.60. The highest BCUT2D eigenvalue weighted by Gasteiger charge is 2.49. The van der Waals surface area contributed by atoms with Crippen LogP contribution in [0.4, 0.5) is 0 Å². The van der Waals surface area contributed by atoms with Crippen LogP contribution in [0.5, 0.6) is 0 Å². The van der Waals surface area contributed by atoms with Crippen LogP contribution in [0.1, 0.15) is 36.2 Å². The highest BCUT2D eigenvalue weighted by atomic mass is 16.2. The van der Waals surface area contributed by atoms with E-state index in [0.29, 0.717) is 22.9 Å². The van der Waals surface area contributed by atoms with Gasteiger partial charge in [-0.15, -0.1) is 0 Å². The van der Waals surface area contributed by atoms with Gasteiger partial charge in [0.15, 0.2) is 5.43 Å². The topological polar surface area (TPSA) is 53.2 Å². The van der Waals surface area contributed by atoms with Crippen molar-refractivity contribution in [3.63, 3.8) is 0 Å². The largest absolute Gasteiger partial charge is 0.350 e. The smallest absolute Gasteiger partial charge is 0.270 e. The second-order valence-electron chi connectivity index (χ2n) is 7.81. The number of nitrogens with zero attached hydrogens (tertiary/aromatic N) is 1. The van der Waals surface area contributed by atoms with Crippen molar-refractivity contribution in [1.29, 1.82) is 0 Å². The van der Waals surface area contributed by atoms with Gasteiger partial charge in [0.05, 0.1) is 0 Å². The summed E-state index contributed by atoms with van der Waals surface area (Å²) in [6, 6.07) is 8.86. The summed E-state index contributed by atoms with van der Waals surface area (Å²) in [4.78, 5) is 30.4. The average molecular weight is 322 g/mol. The van der Waals surface area contributed by atoms with E-state index in [1.807, 2.05) is 23.1 Å². The van der Waals surface area contributed by atoms with E-state index in [4.69, 9.17) is 0 Å². The third-order valence-corrected chi connectivity index (χ3v) is 6.69. The first-order valence-electron chi connectivity index (χ1n) is 9.12. The molecule has 1 N–H and O–H groups in total. The van der Waals surface area contributed by atoms with Crippen LogP contribution in [-0.4, -0.2) is 28.9 Å². The molecule has 2 bridgehead atoms. The van der Waals surface area contributed by atoms with Crippen molar-refractivity contribution in [2.45, 2.75) is 25.7 Å².